The average molecular weight is 263 g/mol. The maximum atomic E-state index is 12.1. The van der Waals surface area contributed by atoms with E-state index in [-0.39, 0.29) is 11.9 Å². The van der Waals surface area contributed by atoms with Crippen LogP contribution in [0.25, 0.3) is 0 Å². The first-order chi connectivity index (χ1) is 9.13. The fourth-order valence-corrected chi connectivity index (χ4v) is 2.29. The van der Waals surface area contributed by atoms with Gasteiger partial charge in [0.2, 0.25) is 0 Å². The van der Waals surface area contributed by atoms with Gasteiger partial charge < -0.3 is 15.5 Å². The first-order valence-corrected chi connectivity index (χ1v) is 6.63. The van der Waals surface area contributed by atoms with Crippen molar-refractivity contribution in [2.75, 3.05) is 12.0 Å². The maximum Gasteiger partial charge on any atom is 0.251 e. The molecule has 2 rings (SSSR count). The van der Waals surface area contributed by atoms with Gasteiger partial charge in [-0.15, -0.1) is 0 Å². The summed E-state index contributed by atoms with van der Waals surface area (Å²) in [6.07, 6.45) is 2.11. The lowest BCUT2D eigenvalue weighted by Gasteiger charge is -2.35. The number of hydrogen-bond acceptors (Lipinski definition) is 4. The third-order valence-corrected chi connectivity index (χ3v) is 3.48. The van der Waals surface area contributed by atoms with E-state index >= 15 is 0 Å². The second-order valence-corrected chi connectivity index (χ2v) is 4.89. The van der Waals surface area contributed by atoms with Crippen molar-refractivity contribution in [1.29, 1.82) is 0 Å². The molecule has 1 amide bonds. The molecule has 0 spiro atoms. The molecule has 0 unspecified atom stereocenters. The molecule has 4 N–H and O–H groups in total. The van der Waals surface area contributed by atoms with Gasteiger partial charge in [-0.05, 0) is 50.5 Å². The number of aryl methyl sites for hydroxylation is 1. The van der Waals surface area contributed by atoms with Gasteiger partial charge in [-0.1, -0.05) is 0 Å². The van der Waals surface area contributed by atoms with Crippen LogP contribution in [-0.2, 0) is 4.74 Å². The standard InChI is InChI=1S/C14H21N3O2/c1-3-19-12-7-11(8-12)16-14(18)10-4-5-13(17-15)9(2)6-10/h4-6,11-12,17H,3,7-8,15H2,1-2H3,(H,16,18). The van der Waals surface area contributed by atoms with Gasteiger partial charge in [0.15, 0.2) is 0 Å². The second kappa shape index (κ2) is 6.04. The van der Waals surface area contributed by atoms with E-state index in [1.807, 2.05) is 26.0 Å². The molecule has 0 radical (unpaired) electrons. The first-order valence-electron chi connectivity index (χ1n) is 6.63. The van der Waals surface area contributed by atoms with Crippen LogP contribution in [0.5, 0.6) is 0 Å². The summed E-state index contributed by atoms with van der Waals surface area (Å²) in [5.74, 6) is 5.33. The lowest BCUT2D eigenvalue weighted by atomic mass is 9.89. The van der Waals surface area contributed by atoms with Crippen molar-refractivity contribution in [2.24, 2.45) is 5.84 Å². The molecule has 1 fully saturated rings. The zero-order chi connectivity index (χ0) is 13.8. The summed E-state index contributed by atoms with van der Waals surface area (Å²) < 4.78 is 5.47. The minimum Gasteiger partial charge on any atom is -0.378 e. The quantitative estimate of drug-likeness (QED) is 0.557. The molecule has 0 aliphatic heterocycles. The predicted molar refractivity (Wildman–Crippen MR) is 74.9 cm³/mol. The number of ether oxygens (including phenoxy) is 1. The van der Waals surface area contributed by atoms with Crippen molar-refractivity contribution in [3.63, 3.8) is 0 Å². The largest absolute Gasteiger partial charge is 0.378 e. The van der Waals surface area contributed by atoms with Gasteiger partial charge in [0.25, 0.3) is 5.91 Å². The van der Waals surface area contributed by atoms with Gasteiger partial charge in [-0.2, -0.15) is 0 Å². The molecule has 1 aromatic rings. The molecule has 19 heavy (non-hydrogen) atoms. The molecule has 1 aromatic carbocycles. The zero-order valence-electron chi connectivity index (χ0n) is 11.4. The minimum atomic E-state index is -0.0355. The van der Waals surface area contributed by atoms with Crippen molar-refractivity contribution in [1.82, 2.24) is 5.32 Å². The maximum absolute atomic E-state index is 12.1. The topological polar surface area (TPSA) is 76.4 Å². The SMILES string of the molecule is CCOC1CC(NC(=O)c2ccc(NN)c(C)c2)C1. The number of hydrogen-bond donors (Lipinski definition) is 3. The van der Waals surface area contributed by atoms with Gasteiger partial charge in [-0.25, -0.2) is 0 Å². The Balaban J connectivity index is 1.89. The molecule has 104 valence electrons. The third kappa shape index (κ3) is 3.24. The molecule has 0 saturated heterocycles. The Morgan fingerprint density at radius 2 is 2.21 bits per heavy atom. The number of nitrogen functional groups attached to an aromatic ring is 1. The molecule has 0 heterocycles. The zero-order valence-corrected chi connectivity index (χ0v) is 11.4. The highest BCUT2D eigenvalue weighted by molar-refractivity contribution is 5.95. The lowest BCUT2D eigenvalue weighted by molar-refractivity contribution is -0.00862. The van der Waals surface area contributed by atoms with Crippen molar-refractivity contribution in [3.8, 4) is 0 Å². The van der Waals surface area contributed by atoms with E-state index in [9.17, 15) is 4.79 Å². The molecule has 1 saturated carbocycles. The van der Waals surface area contributed by atoms with Crippen LogP contribution in [0, 0.1) is 6.92 Å². The van der Waals surface area contributed by atoms with E-state index in [4.69, 9.17) is 10.6 Å². The molecule has 5 heteroatoms. The predicted octanol–water partition coefficient (Wildman–Crippen LogP) is 1.58. The van der Waals surface area contributed by atoms with Crippen LogP contribution in [-0.4, -0.2) is 24.7 Å². The van der Waals surface area contributed by atoms with Gasteiger partial charge in [0.05, 0.1) is 11.8 Å². The fraction of sp³-hybridized carbons (Fsp3) is 0.500. The Kier molecular flexibility index (Phi) is 4.39. The molecule has 0 aromatic heterocycles. The van der Waals surface area contributed by atoms with Crippen molar-refractivity contribution in [3.05, 3.63) is 29.3 Å². The number of benzene rings is 1. The van der Waals surface area contributed by atoms with E-state index < -0.39 is 0 Å². The number of carbonyl (C=O) groups is 1. The fourth-order valence-electron chi connectivity index (χ4n) is 2.29. The normalized spacial score (nSPS) is 21.6. The third-order valence-electron chi connectivity index (χ3n) is 3.48. The first kappa shape index (κ1) is 13.8. The molecular formula is C14H21N3O2. The summed E-state index contributed by atoms with van der Waals surface area (Å²) in [6.45, 7) is 4.64. The highest BCUT2D eigenvalue weighted by atomic mass is 16.5. The van der Waals surface area contributed by atoms with Crippen LogP contribution in [0.3, 0.4) is 0 Å². The Bertz CT molecular complexity index is 456. The number of rotatable bonds is 5. The second-order valence-electron chi connectivity index (χ2n) is 4.89. The van der Waals surface area contributed by atoms with Gasteiger partial charge in [-0.3, -0.25) is 10.6 Å². The van der Waals surface area contributed by atoms with E-state index in [1.165, 1.54) is 0 Å². The molecular weight excluding hydrogens is 242 g/mol. The van der Waals surface area contributed by atoms with E-state index in [0.717, 1.165) is 30.7 Å². The van der Waals surface area contributed by atoms with E-state index in [1.54, 1.807) is 6.07 Å². The number of hydrazine groups is 1. The summed E-state index contributed by atoms with van der Waals surface area (Å²) >= 11 is 0. The van der Waals surface area contributed by atoms with E-state index in [0.29, 0.717) is 11.7 Å². The summed E-state index contributed by atoms with van der Waals surface area (Å²) in [5.41, 5.74) is 5.04. The van der Waals surface area contributed by atoms with Crippen LogP contribution < -0.4 is 16.6 Å². The number of carbonyl (C=O) groups excluding carboxylic acids is 1. The highest BCUT2D eigenvalue weighted by Gasteiger charge is 2.30. The minimum absolute atomic E-state index is 0.0355. The molecule has 5 nitrogen and oxygen atoms in total. The van der Waals surface area contributed by atoms with Crippen molar-refractivity contribution in [2.45, 2.75) is 38.8 Å². The highest BCUT2D eigenvalue weighted by Crippen LogP contribution is 2.24. The molecule has 0 atom stereocenters. The summed E-state index contributed by atoms with van der Waals surface area (Å²) in [5, 5.41) is 3.02. The Labute approximate surface area is 113 Å². The molecule has 1 aliphatic carbocycles. The van der Waals surface area contributed by atoms with Gasteiger partial charge in [0, 0.05) is 18.2 Å². The monoisotopic (exact) mass is 263 g/mol. The van der Waals surface area contributed by atoms with Crippen LogP contribution in [0.15, 0.2) is 18.2 Å². The number of amides is 1. The van der Waals surface area contributed by atoms with Crippen LogP contribution >= 0.6 is 0 Å². The van der Waals surface area contributed by atoms with Crippen molar-refractivity contribution >= 4 is 11.6 Å². The van der Waals surface area contributed by atoms with Crippen LogP contribution in [0.1, 0.15) is 35.7 Å². The summed E-state index contributed by atoms with van der Waals surface area (Å²) in [6, 6.07) is 5.66. The van der Waals surface area contributed by atoms with E-state index in [2.05, 4.69) is 10.7 Å². The molecule has 0 bridgehead atoms. The van der Waals surface area contributed by atoms with Crippen LogP contribution in [0.4, 0.5) is 5.69 Å². The Hall–Kier alpha value is -1.59. The molecule has 1 aliphatic rings. The lowest BCUT2D eigenvalue weighted by Crippen LogP contribution is -2.47. The number of nitrogens with two attached hydrogens (primary N) is 1. The van der Waals surface area contributed by atoms with Gasteiger partial charge in [0.1, 0.15) is 0 Å². The Morgan fingerprint density at radius 3 is 2.79 bits per heavy atom. The van der Waals surface area contributed by atoms with Crippen molar-refractivity contribution < 1.29 is 9.53 Å². The summed E-state index contributed by atoms with van der Waals surface area (Å²) in [7, 11) is 0. The number of nitrogens with one attached hydrogen (secondary N) is 2. The smallest absolute Gasteiger partial charge is 0.251 e. The Morgan fingerprint density at radius 1 is 1.47 bits per heavy atom. The van der Waals surface area contributed by atoms with Gasteiger partial charge >= 0.3 is 0 Å². The number of anilines is 1. The van der Waals surface area contributed by atoms with Crippen LogP contribution in [0.2, 0.25) is 0 Å². The average Bonchev–Trinajstić information content (AvgIpc) is 2.36. The summed E-state index contributed by atoms with van der Waals surface area (Å²) in [4.78, 5) is 12.1.